The molecule has 0 radical (unpaired) electrons. The second kappa shape index (κ2) is 15.7. The molecular weight excluding hydrogens is 480 g/mol. The zero-order chi connectivity index (χ0) is 27.4. The Morgan fingerprint density at radius 2 is 1.59 bits per heavy atom. The summed E-state index contributed by atoms with van der Waals surface area (Å²) in [5, 5.41) is 22.4. The molecule has 2 aliphatic rings. The van der Waals surface area contributed by atoms with Gasteiger partial charge in [0.15, 0.2) is 0 Å². The number of aliphatic carboxylic acids is 2. The number of carboxylic acids is 2. The standard InChI is InChI=1S/C26H44N4O7/c1-2-29(22(31)10-6-9-18-11-13-28-14-12-18)17-23(32)30(25(35)20(27)16-24(33)34)21(26(36)37)15-19-7-4-3-5-8-19/h18-21,28H,2-17,27H2,1H3,(H,33,34)(H,36,37)/t20-,21+/m0/s1. The average Bonchev–Trinajstić information content (AvgIpc) is 2.87. The molecule has 1 saturated carbocycles. The van der Waals surface area contributed by atoms with Crippen molar-refractivity contribution < 1.29 is 34.2 Å². The van der Waals surface area contributed by atoms with E-state index in [2.05, 4.69) is 5.32 Å². The van der Waals surface area contributed by atoms with Crippen molar-refractivity contribution >= 4 is 29.7 Å². The van der Waals surface area contributed by atoms with Crippen LogP contribution >= 0.6 is 0 Å². The Bertz CT molecular complexity index is 794. The van der Waals surface area contributed by atoms with Gasteiger partial charge in [-0.3, -0.25) is 24.1 Å². The van der Waals surface area contributed by atoms with Gasteiger partial charge in [0, 0.05) is 13.0 Å². The third-order valence-corrected chi connectivity index (χ3v) is 7.62. The Kier molecular flexibility index (Phi) is 13.0. The molecule has 5 N–H and O–H groups in total. The smallest absolute Gasteiger partial charge is 0.326 e. The van der Waals surface area contributed by atoms with Crippen molar-refractivity contribution in [2.24, 2.45) is 17.6 Å². The summed E-state index contributed by atoms with van der Waals surface area (Å²) in [4.78, 5) is 64.8. The molecule has 210 valence electrons. The van der Waals surface area contributed by atoms with E-state index in [0.29, 0.717) is 17.2 Å². The van der Waals surface area contributed by atoms with E-state index in [1.165, 1.54) is 4.90 Å². The number of nitrogens with one attached hydrogen (secondary N) is 1. The van der Waals surface area contributed by atoms with Crippen molar-refractivity contribution in [1.29, 1.82) is 0 Å². The number of amides is 3. The summed E-state index contributed by atoms with van der Waals surface area (Å²) < 4.78 is 0. The van der Waals surface area contributed by atoms with Crippen LogP contribution in [0, 0.1) is 11.8 Å². The Hall–Kier alpha value is -2.53. The van der Waals surface area contributed by atoms with E-state index in [0.717, 1.165) is 64.5 Å². The predicted octanol–water partition coefficient (Wildman–Crippen LogP) is 1.59. The quantitative estimate of drug-likeness (QED) is 0.263. The molecule has 1 heterocycles. The first-order valence-corrected chi connectivity index (χ1v) is 13.7. The number of nitrogens with two attached hydrogens (primary N) is 1. The first kappa shape index (κ1) is 30.7. The molecular formula is C26H44N4O7. The fourth-order valence-corrected chi connectivity index (χ4v) is 5.45. The SMILES string of the molecule is CCN(CC(=O)N(C(=O)[C@@H](N)CC(=O)O)[C@H](CC1CCCCC1)C(=O)O)C(=O)CCCC1CCNCC1. The number of carbonyl (C=O) groups is 5. The van der Waals surface area contributed by atoms with Gasteiger partial charge in [0.25, 0.3) is 0 Å². The molecule has 2 fully saturated rings. The zero-order valence-corrected chi connectivity index (χ0v) is 22.0. The molecule has 0 aromatic heterocycles. The van der Waals surface area contributed by atoms with Gasteiger partial charge in [0.2, 0.25) is 17.7 Å². The minimum absolute atomic E-state index is 0.0348. The van der Waals surface area contributed by atoms with Gasteiger partial charge < -0.3 is 26.2 Å². The van der Waals surface area contributed by atoms with Gasteiger partial charge in [-0.15, -0.1) is 0 Å². The second-order valence-corrected chi connectivity index (χ2v) is 10.4. The molecule has 37 heavy (non-hydrogen) atoms. The molecule has 0 aromatic carbocycles. The molecule has 2 rings (SSSR count). The molecule has 0 aromatic rings. The highest BCUT2D eigenvalue weighted by Gasteiger charge is 2.39. The van der Waals surface area contributed by atoms with Gasteiger partial charge in [0.05, 0.1) is 12.5 Å². The molecule has 11 nitrogen and oxygen atoms in total. The molecule has 2 atom stereocenters. The first-order chi connectivity index (χ1) is 17.6. The number of nitrogens with zero attached hydrogens (tertiary/aromatic N) is 2. The van der Waals surface area contributed by atoms with Gasteiger partial charge in [-0.25, -0.2) is 4.79 Å². The summed E-state index contributed by atoms with van der Waals surface area (Å²) in [6.07, 6.45) is 7.97. The Balaban J connectivity index is 2.12. The summed E-state index contributed by atoms with van der Waals surface area (Å²) in [7, 11) is 0. The number of carboxylic acid groups (broad SMARTS) is 2. The first-order valence-electron chi connectivity index (χ1n) is 13.7. The van der Waals surface area contributed by atoms with Crippen molar-refractivity contribution in [2.45, 2.75) is 96.1 Å². The van der Waals surface area contributed by atoms with Crippen molar-refractivity contribution in [2.75, 3.05) is 26.2 Å². The van der Waals surface area contributed by atoms with E-state index in [1.54, 1.807) is 6.92 Å². The number of likely N-dealkylation sites (N-methyl/N-ethyl adjacent to an activating group) is 1. The highest BCUT2D eigenvalue weighted by atomic mass is 16.4. The fourth-order valence-electron chi connectivity index (χ4n) is 5.45. The number of piperidine rings is 1. The summed E-state index contributed by atoms with van der Waals surface area (Å²) in [5.41, 5.74) is 5.79. The maximum Gasteiger partial charge on any atom is 0.326 e. The number of carbonyl (C=O) groups excluding carboxylic acids is 3. The van der Waals surface area contributed by atoms with E-state index < -0.39 is 48.8 Å². The van der Waals surface area contributed by atoms with Crippen LogP contribution in [0.1, 0.15) is 84.0 Å². The van der Waals surface area contributed by atoms with E-state index in [-0.39, 0.29) is 31.2 Å². The average molecular weight is 525 g/mol. The van der Waals surface area contributed by atoms with Crippen LogP contribution in [-0.4, -0.2) is 87.9 Å². The van der Waals surface area contributed by atoms with Crippen molar-refractivity contribution in [3.8, 4) is 0 Å². The summed E-state index contributed by atoms with van der Waals surface area (Å²) in [6.45, 7) is 3.45. The lowest BCUT2D eigenvalue weighted by atomic mass is 9.84. The molecule has 1 saturated heterocycles. The topological polar surface area (TPSA) is 170 Å². The molecule has 11 heteroatoms. The minimum atomic E-state index is -1.56. The molecule has 0 spiro atoms. The van der Waals surface area contributed by atoms with Gasteiger partial charge >= 0.3 is 11.9 Å². The van der Waals surface area contributed by atoms with Gasteiger partial charge in [-0.2, -0.15) is 0 Å². The number of imide groups is 1. The minimum Gasteiger partial charge on any atom is -0.481 e. The molecule has 3 amide bonds. The summed E-state index contributed by atoms with van der Waals surface area (Å²) >= 11 is 0. The largest absolute Gasteiger partial charge is 0.481 e. The highest BCUT2D eigenvalue weighted by molar-refractivity contribution is 6.03. The molecule has 0 unspecified atom stereocenters. The van der Waals surface area contributed by atoms with E-state index >= 15 is 0 Å². The third kappa shape index (κ3) is 10.0. The van der Waals surface area contributed by atoms with Crippen LogP contribution in [0.4, 0.5) is 0 Å². The van der Waals surface area contributed by atoms with Crippen LogP contribution in [0.3, 0.4) is 0 Å². The number of rotatable bonds is 14. The maximum absolute atomic E-state index is 13.4. The van der Waals surface area contributed by atoms with E-state index in [4.69, 9.17) is 10.8 Å². The predicted molar refractivity (Wildman–Crippen MR) is 136 cm³/mol. The Morgan fingerprint density at radius 3 is 2.16 bits per heavy atom. The monoisotopic (exact) mass is 524 g/mol. The molecule has 0 bridgehead atoms. The lowest BCUT2D eigenvalue weighted by Gasteiger charge is -2.34. The molecule has 1 aliphatic heterocycles. The summed E-state index contributed by atoms with van der Waals surface area (Å²) in [5.74, 6) is -4.17. The van der Waals surface area contributed by atoms with Crippen molar-refractivity contribution in [1.82, 2.24) is 15.1 Å². The Labute approximate surface area is 219 Å². The second-order valence-electron chi connectivity index (χ2n) is 10.4. The van der Waals surface area contributed by atoms with Gasteiger partial charge in [-0.1, -0.05) is 32.1 Å². The van der Waals surface area contributed by atoms with E-state index in [9.17, 15) is 29.1 Å². The van der Waals surface area contributed by atoms with Crippen LogP contribution in [0.15, 0.2) is 0 Å². The number of hydrogen-bond acceptors (Lipinski definition) is 7. The highest BCUT2D eigenvalue weighted by Crippen LogP contribution is 2.29. The lowest BCUT2D eigenvalue weighted by molar-refractivity contribution is -0.161. The Morgan fingerprint density at radius 1 is 0.946 bits per heavy atom. The van der Waals surface area contributed by atoms with Crippen molar-refractivity contribution in [3.63, 3.8) is 0 Å². The number of hydrogen-bond donors (Lipinski definition) is 4. The maximum atomic E-state index is 13.4. The third-order valence-electron chi connectivity index (χ3n) is 7.62. The zero-order valence-electron chi connectivity index (χ0n) is 22.0. The van der Waals surface area contributed by atoms with Crippen LogP contribution in [0.5, 0.6) is 0 Å². The van der Waals surface area contributed by atoms with Crippen LogP contribution < -0.4 is 11.1 Å². The van der Waals surface area contributed by atoms with Crippen LogP contribution in [0.2, 0.25) is 0 Å². The van der Waals surface area contributed by atoms with Crippen LogP contribution in [0.25, 0.3) is 0 Å². The van der Waals surface area contributed by atoms with Crippen LogP contribution in [-0.2, 0) is 24.0 Å². The van der Waals surface area contributed by atoms with E-state index in [1.807, 2.05) is 0 Å². The lowest BCUT2D eigenvalue weighted by Crippen LogP contribution is -2.57. The van der Waals surface area contributed by atoms with Gasteiger partial charge in [0.1, 0.15) is 12.6 Å². The fraction of sp³-hybridized carbons (Fsp3) is 0.808. The summed E-state index contributed by atoms with van der Waals surface area (Å²) in [6, 6.07) is -3.03. The molecule has 1 aliphatic carbocycles. The van der Waals surface area contributed by atoms with Gasteiger partial charge in [-0.05, 0) is 64.0 Å². The van der Waals surface area contributed by atoms with Crippen molar-refractivity contribution in [3.05, 3.63) is 0 Å². The normalized spacial score (nSPS) is 18.5.